The van der Waals surface area contributed by atoms with E-state index in [-0.39, 0.29) is 33.0 Å². The highest BCUT2D eigenvalue weighted by Gasteiger charge is 2.68. The molecule has 3 atom stereocenters. The van der Waals surface area contributed by atoms with Gasteiger partial charge in [-0.15, -0.1) is 0 Å². The summed E-state index contributed by atoms with van der Waals surface area (Å²) in [6, 6.07) is 12.6. The van der Waals surface area contributed by atoms with Crippen LogP contribution in [0.1, 0.15) is 11.3 Å². The first-order valence-electron chi connectivity index (χ1n) is 10.8. The van der Waals surface area contributed by atoms with Crippen LogP contribution in [-0.2, 0) is 11.6 Å². The summed E-state index contributed by atoms with van der Waals surface area (Å²) in [5.41, 5.74) is 5.89. The number of carbonyl (C=O) groups is 1. The van der Waals surface area contributed by atoms with Crippen molar-refractivity contribution in [1.82, 2.24) is 20.3 Å². The van der Waals surface area contributed by atoms with E-state index in [4.69, 9.17) is 10.8 Å². The van der Waals surface area contributed by atoms with E-state index in [2.05, 4.69) is 20.3 Å². The molecule has 8 nitrogen and oxygen atoms in total. The molecule has 0 bridgehead atoms. The number of nitrogens with two attached hydrogens (primary N) is 1. The number of nitrogens with zero attached hydrogens (tertiary/aromatic N) is 4. The van der Waals surface area contributed by atoms with Crippen molar-refractivity contribution in [1.29, 1.82) is 0 Å². The van der Waals surface area contributed by atoms with Crippen LogP contribution in [0.5, 0.6) is 0 Å². The Hall–Kier alpha value is -3.54. The third kappa shape index (κ3) is 4.22. The van der Waals surface area contributed by atoms with Gasteiger partial charge in [-0.1, -0.05) is 42.1 Å². The molecule has 12 heteroatoms. The second-order valence-electron chi connectivity index (χ2n) is 8.55. The molecular weight excluding hydrogens is 481 g/mol. The molecule has 1 aliphatic heterocycles. The number of alkyl halides is 3. The summed E-state index contributed by atoms with van der Waals surface area (Å²) in [6.07, 6.45) is -3.06. The number of amides is 1. The number of pyridine rings is 1. The van der Waals surface area contributed by atoms with Gasteiger partial charge in [0.05, 0.1) is 6.20 Å². The molecule has 3 aromatic rings. The quantitative estimate of drug-likeness (QED) is 0.465. The lowest BCUT2D eigenvalue weighted by molar-refractivity contribution is -0.143. The van der Waals surface area contributed by atoms with Gasteiger partial charge in [0.2, 0.25) is 0 Å². The molecule has 0 spiro atoms. The molecular formula is C23H21F3N6O2S. The predicted molar refractivity (Wildman–Crippen MR) is 123 cm³/mol. The van der Waals surface area contributed by atoms with Crippen LogP contribution in [0.3, 0.4) is 0 Å². The van der Waals surface area contributed by atoms with Crippen LogP contribution in [0, 0.1) is 11.8 Å². The fraction of sp³-hybridized carbons (Fsp3) is 0.304. The number of fused-ring (bicyclic) bond motifs is 1. The van der Waals surface area contributed by atoms with Crippen molar-refractivity contribution in [3.8, 4) is 0 Å². The molecule has 5 rings (SSSR count). The predicted octanol–water partition coefficient (Wildman–Crippen LogP) is 3.90. The highest BCUT2D eigenvalue weighted by Crippen LogP contribution is 2.63. The lowest BCUT2D eigenvalue weighted by atomic mass is 9.90. The second-order valence-corrected chi connectivity index (χ2v) is 9.58. The van der Waals surface area contributed by atoms with Crippen LogP contribution in [-0.4, -0.2) is 45.8 Å². The Balaban J connectivity index is 1.32. The molecule has 1 aromatic carbocycles. The topological polar surface area (TPSA) is 117 Å². The average Bonchev–Trinajstić information content (AvgIpc) is 3.18. The van der Waals surface area contributed by atoms with Gasteiger partial charge in [0.25, 0.3) is 0 Å². The number of rotatable bonds is 6. The molecule has 1 saturated carbocycles. The van der Waals surface area contributed by atoms with Crippen LogP contribution in [0.15, 0.2) is 64.8 Å². The van der Waals surface area contributed by atoms with E-state index >= 15 is 0 Å². The van der Waals surface area contributed by atoms with Crippen molar-refractivity contribution in [3.05, 3.63) is 66.1 Å². The number of halogens is 3. The first kappa shape index (κ1) is 23.2. The smallest absolute Gasteiger partial charge is 0.434 e. The van der Waals surface area contributed by atoms with Gasteiger partial charge >= 0.3 is 12.3 Å². The van der Waals surface area contributed by atoms with Crippen LogP contribution < -0.4 is 16.0 Å². The van der Waals surface area contributed by atoms with Crippen molar-refractivity contribution in [2.45, 2.75) is 21.5 Å². The van der Waals surface area contributed by atoms with Crippen molar-refractivity contribution in [2.75, 3.05) is 30.3 Å². The van der Waals surface area contributed by atoms with E-state index in [9.17, 15) is 18.0 Å². The van der Waals surface area contributed by atoms with E-state index in [1.807, 2.05) is 35.2 Å². The molecule has 182 valence electrons. The zero-order valence-electron chi connectivity index (χ0n) is 18.2. The van der Waals surface area contributed by atoms with Crippen molar-refractivity contribution in [2.24, 2.45) is 11.8 Å². The highest BCUT2D eigenvalue weighted by atomic mass is 32.2. The summed E-state index contributed by atoms with van der Waals surface area (Å²) >= 11 is 0.771. The maximum absolute atomic E-state index is 13.3. The highest BCUT2D eigenvalue weighted by molar-refractivity contribution is 7.99. The normalized spacial score (nSPS) is 23.1. The van der Waals surface area contributed by atoms with Crippen molar-refractivity contribution < 1.29 is 23.1 Å². The summed E-state index contributed by atoms with van der Waals surface area (Å²) in [5, 5.41) is 11.9. The molecule has 35 heavy (non-hydrogen) atoms. The second kappa shape index (κ2) is 8.59. The van der Waals surface area contributed by atoms with Crippen LogP contribution >= 0.6 is 11.8 Å². The Morgan fingerprint density at radius 3 is 2.51 bits per heavy atom. The largest absolute Gasteiger partial charge is 0.465 e. The van der Waals surface area contributed by atoms with Gasteiger partial charge in [0, 0.05) is 36.1 Å². The minimum absolute atomic E-state index is 0.0342. The zero-order valence-corrected chi connectivity index (χ0v) is 19.1. The maximum atomic E-state index is 13.3. The number of nitrogens with one attached hydrogen (secondary N) is 1. The number of hydrogen-bond acceptors (Lipinski definition) is 7. The van der Waals surface area contributed by atoms with Gasteiger partial charge in [-0.2, -0.15) is 13.2 Å². The van der Waals surface area contributed by atoms with Crippen LogP contribution in [0.25, 0.3) is 0 Å². The number of nitrogen functional groups attached to an aromatic ring is 1. The zero-order chi connectivity index (χ0) is 24.8. The van der Waals surface area contributed by atoms with Gasteiger partial charge in [-0.05, 0) is 29.5 Å². The number of carboxylic acid groups (broad SMARTS) is 1. The van der Waals surface area contributed by atoms with E-state index in [1.165, 1.54) is 18.3 Å². The number of benzene rings is 1. The summed E-state index contributed by atoms with van der Waals surface area (Å²) in [4.78, 5) is 25.2. The molecule has 1 amide bonds. The Morgan fingerprint density at radius 2 is 1.89 bits per heavy atom. The molecule has 2 aliphatic rings. The molecule has 1 aliphatic carbocycles. The minimum Gasteiger partial charge on any atom is -0.465 e. The minimum atomic E-state index is -4.59. The molecule has 2 aromatic heterocycles. The molecule has 3 heterocycles. The Kier molecular flexibility index (Phi) is 5.70. The summed E-state index contributed by atoms with van der Waals surface area (Å²) in [6.45, 7) is 1.61. The Bertz CT molecular complexity index is 1250. The summed E-state index contributed by atoms with van der Waals surface area (Å²) in [5.74, 6) is 1.01. The lowest BCUT2D eigenvalue weighted by Gasteiger charge is -2.28. The first-order chi connectivity index (χ1) is 16.7. The number of anilines is 2. The number of piperidine rings is 1. The molecule has 0 radical (unpaired) electrons. The fourth-order valence-electron chi connectivity index (χ4n) is 5.09. The van der Waals surface area contributed by atoms with Crippen LogP contribution in [0.4, 0.5) is 29.6 Å². The van der Waals surface area contributed by atoms with Gasteiger partial charge < -0.3 is 21.1 Å². The Morgan fingerprint density at radius 1 is 1.17 bits per heavy atom. The lowest BCUT2D eigenvalue weighted by Crippen LogP contribution is -2.39. The number of aromatic nitrogens is 3. The first-order valence-corrected chi connectivity index (χ1v) is 11.6. The number of hydrogen-bond donors (Lipinski definition) is 3. The van der Waals surface area contributed by atoms with Gasteiger partial charge in [0.1, 0.15) is 10.8 Å². The fourth-order valence-corrected chi connectivity index (χ4v) is 5.96. The van der Waals surface area contributed by atoms with Gasteiger partial charge in [-0.25, -0.2) is 14.8 Å². The monoisotopic (exact) mass is 502 g/mol. The maximum Gasteiger partial charge on any atom is 0.434 e. The van der Waals surface area contributed by atoms with Gasteiger partial charge in [-0.3, -0.25) is 4.98 Å². The molecule has 2 fully saturated rings. The standard InChI is InChI=1S/C23H21F3N6O2S/c24-23(25,26)18-16(7-4-8-28-18)35-20-19(27)31-17(9-29-20)32-10-14-15(11-32)22(14,12-30-21(33)34)13-5-2-1-3-6-13/h1-9,14-15,30H,10-12H2,(H2,27,31)(H,33,34)/t14-,15+,22?. The summed E-state index contributed by atoms with van der Waals surface area (Å²) in [7, 11) is 0. The third-order valence-electron chi connectivity index (χ3n) is 6.70. The van der Waals surface area contributed by atoms with E-state index in [1.54, 1.807) is 0 Å². The van der Waals surface area contributed by atoms with E-state index in [0.29, 0.717) is 25.5 Å². The van der Waals surface area contributed by atoms with E-state index < -0.39 is 18.0 Å². The molecule has 4 N–H and O–H groups in total. The van der Waals surface area contributed by atoms with Crippen molar-refractivity contribution >= 4 is 29.5 Å². The summed E-state index contributed by atoms with van der Waals surface area (Å²) < 4.78 is 39.8. The SMILES string of the molecule is Nc1nc(N2C[C@@H]3[C@H](C2)C3(CNC(=O)O)c2ccccc2)cnc1Sc1cccnc1C(F)(F)F. The Labute approximate surface area is 202 Å². The molecule has 1 unspecified atom stereocenters. The average molecular weight is 503 g/mol. The van der Waals surface area contributed by atoms with Crippen molar-refractivity contribution in [3.63, 3.8) is 0 Å². The van der Waals surface area contributed by atoms with E-state index in [0.717, 1.165) is 23.5 Å². The molecule has 1 saturated heterocycles. The van der Waals surface area contributed by atoms with Gasteiger partial charge in [0.15, 0.2) is 11.5 Å². The third-order valence-corrected chi connectivity index (χ3v) is 7.76. The van der Waals surface area contributed by atoms with Crippen LogP contribution in [0.2, 0.25) is 0 Å².